The van der Waals surface area contributed by atoms with E-state index in [4.69, 9.17) is 4.42 Å². The minimum atomic E-state index is -0.538. The summed E-state index contributed by atoms with van der Waals surface area (Å²) >= 11 is 0. The Labute approximate surface area is 134 Å². The molecule has 5 nitrogen and oxygen atoms in total. The highest BCUT2D eigenvalue weighted by Crippen LogP contribution is 2.29. The molecule has 2 heterocycles. The zero-order valence-electron chi connectivity index (χ0n) is 13.1. The summed E-state index contributed by atoms with van der Waals surface area (Å²) < 4.78 is 5.29. The van der Waals surface area contributed by atoms with Gasteiger partial charge in [0.25, 0.3) is 0 Å². The van der Waals surface area contributed by atoms with Crippen molar-refractivity contribution in [1.29, 1.82) is 0 Å². The van der Waals surface area contributed by atoms with Gasteiger partial charge in [0.15, 0.2) is 0 Å². The smallest absolute Gasteiger partial charge is 0.360 e. The Bertz CT molecular complexity index is 731. The van der Waals surface area contributed by atoms with Crippen molar-refractivity contribution in [3.63, 3.8) is 0 Å². The fraction of sp³-hybridized carbons (Fsp3) is 0.389. The average molecular weight is 312 g/mol. The fourth-order valence-corrected chi connectivity index (χ4v) is 2.93. The first-order valence-corrected chi connectivity index (χ1v) is 7.99. The largest absolute Gasteiger partial charge is 0.421 e. The van der Waals surface area contributed by atoms with Crippen LogP contribution in [0.5, 0.6) is 0 Å². The quantitative estimate of drug-likeness (QED) is 0.942. The normalized spacial score (nSPS) is 20.9. The third kappa shape index (κ3) is 3.67. The first kappa shape index (κ1) is 15.5. The maximum Gasteiger partial charge on any atom is 0.360 e. The van der Waals surface area contributed by atoms with Gasteiger partial charge in [-0.25, -0.2) is 4.79 Å². The minimum Gasteiger partial charge on any atom is -0.421 e. The Morgan fingerprint density at radius 1 is 1.22 bits per heavy atom. The van der Waals surface area contributed by atoms with E-state index < -0.39 is 5.63 Å². The van der Waals surface area contributed by atoms with Gasteiger partial charge in [-0.05, 0) is 55.9 Å². The number of rotatable bonds is 3. The van der Waals surface area contributed by atoms with E-state index in [1.165, 1.54) is 0 Å². The third-order valence-corrected chi connectivity index (χ3v) is 4.41. The summed E-state index contributed by atoms with van der Waals surface area (Å²) in [6.45, 7) is 2.21. The molecule has 1 aliphatic rings. The van der Waals surface area contributed by atoms with Crippen molar-refractivity contribution in [3.8, 4) is 11.3 Å². The number of anilines is 1. The number of amides is 1. The van der Waals surface area contributed by atoms with Crippen LogP contribution in [-0.4, -0.2) is 10.9 Å². The van der Waals surface area contributed by atoms with Crippen LogP contribution < -0.4 is 10.9 Å². The number of pyridine rings is 1. The topological polar surface area (TPSA) is 72.2 Å². The summed E-state index contributed by atoms with van der Waals surface area (Å²) in [4.78, 5) is 28.4. The average Bonchev–Trinajstić information content (AvgIpc) is 2.58. The molecular weight excluding hydrogens is 292 g/mol. The zero-order chi connectivity index (χ0) is 16.2. The van der Waals surface area contributed by atoms with Gasteiger partial charge >= 0.3 is 5.63 Å². The SMILES string of the molecule is CC1CCC(C(=O)Nc2ccc(-c3cccnc3)oc2=O)CC1. The van der Waals surface area contributed by atoms with Crippen LogP contribution in [0.25, 0.3) is 11.3 Å². The predicted molar refractivity (Wildman–Crippen MR) is 88.0 cm³/mol. The van der Waals surface area contributed by atoms with Crippen LogP contribution in [0.15, 0.2) is 45.9 Å². The summed E-state index contributed by atoms with van der Waals surface area (Å²) in [6, 6.07) is 6.86. The Morgan fingerprint density at radius 2 is 2.00 bits per heavy atom. The fourth-order valence-electron chi connectivity index (χ4n) is 2.93. The van der Waals surface area contributed by atoms with Gasteiger partial charge in [0.05, 0.1) is 0 Å². The maximum atomic E-state index is 12.3. The molecule has 0 saturated heterocycles. The lowest BCUT2D eigenvalue weighted by Gasteiger charge is -2.25. The monoisotopic (exact) mass is 312 g/mol. The molecule has 120 valence electrons. The molecule has 5 heteroatoms. The van der Waals surface area contributed by atoms with Gasteiger partial charge < -0.3 is 9.73 Å². The number of nitrogens with one attached hydrogen (secondary N) is 1. The summed E-state index contributed by atoms with van der Waals surface area (Å²) in [5, 5.41) is 2.71. The first-order chi connectivity index (χ1) is 11.1. The maximum absolute atomic E-state index is 12.3. The van der Waals surface area contributed by atoms with Gasteiger partial charge in [-0.1, -0.05) is 6.92 Å². The number of aromatic nitrogens is 1. The zero-order valence-corrected chi connectivity index (χ0v) is 13.1. The number of carbonyl (C=O) groups is 1. The van der Waals surface area contributed by atoms with Crippen LogP contribution in [0.1, 0.15) is 32.6 Å². The van der Waals surface area contributed by atoms with Crippen molar-refractivity contribution < 1.29 is 9.21 Å². The van der Waals surface area contributed by atoms with Crippen LogP contribution >= 0.6 is 0 Å². The lowest BCUT2D eigenvalue weighted by atomic mass is 9.82. The second kappa shape index (κ2) is 6.77. The molecule has 0 radical (unpaired) electrons. The summed E-state index contributed by atoms with van der Waals surface area (Å²) in [7, 11) is 0. The molecule has 0 atom stereocenters. The highest BCUT2D eigenvalue weighted by atomic mass is 16.4. The lowest BCUT2D eigenvalue weighted by molar-refractivity contribution is -0.121. The van der Waals surface area contributed by atoms with Crippen molar-refractivity contribution in [2.24, 2.45) is 11.8 Å². The van der Waals surface area contributed by atoms with E-state index in [1.807, 2.05) is 6.07 Å². The van der Waals surface area contributed by atoms with E-state index in [2.05, 4.69) is 17.2 Å². The van der Waals surface area contributed by atoms with Gasteiger partial charge in [-0.15, -0.1) is 0 Å². The van der Waals surface area contributed by atoms with Crippen LogP contribution in [0.4, 0.5) is 5.69 Å². The van der Waals surface area contributed by atoms with Crippen molar-refractivity contribution in [2.75, 3.05) is 5.32 Å². The Morgan fingerprint density at radius 3 is 2.65 bits per heavy atom. The van der Waals surface area contributed by atoms with E-state index in [0.29, 0.717) is 11.7 Å². The van der Waals surface area contributed by atoms with Crippen molar-refractivity contribution >= 4 is 11.6 Å². The molecule has 0 aromatic carbocycles. The number of hydrogen-bond acceptors (Lipinski definition) is 4. The third-order valence-electron chi connectivity index (χ3n) is 4.41. The van der Waals surface area contributed by atoms with Crippen LogP contribution in [0.2, 0.25) is 0 Å². The van der Waals surface area contributed by atoms with E-state index in [9.17, 15) is 9.59 Å². The summed E-state index contributed by atoms with van der Waals surface area (Å²) in [6.07, 6.45) is 7.17. The van der Waals surface area contributed by atoms with Crippen LogP contribution in [-0.2, 0) is 4.79 Å². The highest BCUT2D eigenvalue weighted by Gasteiger charge is 2.25. The number of carbonyl (C=O) groups excluding carboxylic acids is 1. The Kier molecular flexibility index (Phi) is 4.55. The van der Waals surface area contributed by atoms with Gasteiger partial charge in [0.1, 0.15) is 11.4 Å². The molecule has 1 saturated carbocycles. The minimum absolute atomic E-state index is 0.0106. The molecule has 2 aromatic rings. The molecule has 2 aromatic heterocycles. The molecule has 1 fully saturated rings. The molecule has 1 N–H and O–H groups in total. The Hall–Kier alpha value is -2.43. The molecule has 1 amide bonds. The molecule has 0 aliphatic heterocycles. The van der Waals surface area contributed by atoms with E-state index in [0.717, 1.165) is 31.2 Å². The summed E-state index contributed by atoms with van der Waals surface area (Å²) in [5.74, 6) is 1.03. The van der Waals surface area contributed by atoms with E-state index in [1.54, 1.807) is 30.6 Å². The number of nitrogens with zero attached hydrogens (tertiary/aromatic N) is 1. The van der Waals surface area contributed by atoms with Crippen molar-refractivity contribution in [2.45, 2.75) is 32.6 Å². The molecule has 3 rings (SSSR count). The van der Waals surface area contributed by atoms with Gasteiger partial charge in [-0.2, -0.15) is 0 Å². The van der Waals surface area contributed by atoms with Gasteiger partial charge in [0.2, 0.25) is 5.91 Å². The van der Waals surface area contributed by atoms with Gasteiger partial charge in [0, 0.05) is 23.9 Å². The second-order valence-corrected chi connectivity index (χ2v) is 6.19. The van der Waals surface area contributed by atoms with E-state index >= 15 is 0 Å². The molecule has 23 heavy (non-hydrogen) atoms. The van der Waals surface area contributed by atoms with Crippen molar-refractivity contribution in [3.05, 3.63) is 47.1 Å². The van der Waals surface area contributed by atoms with Gasteiger partial charge in [-0.3, -0.25) is 9.78 Å². The molecule has 0 spiro atoms. The van der Waals surface area contributed by atoms with Crippen LogP contribution in [0.3, 0.4) is 0 Å². The van der Waals surface area contributed by atoms with Crippen molar-refractivity contribution in [1.82, 2.24) is 4.98 Å². The second-order valence-electron chi connectivity index (χ2n) is 6.19. The lowest BCUT2D eigenvalue weighted by Crippen LogP contribution is -2.28. The first-order valence-electron chi connectivity index (χ1n) is 7.99. The summed E-state index contributed by atoms with van der Waals surface area (Å²) in [5.41, 5.74) is 0.383. The molecule has 0 unspecified atom stereocenters. The molecular formula is C18H20N2O3. The standard InChI is InChI=1S/C18H20N2O3/c1-12-4-6-13(7-5-12)17(21)20-15-8-9-16(23-18(15)22)14-3-2-10-19-11-14/h2-3,8-13H,4-7H2,1H3,(H,20,21). The molecule has 1 aliphatic carbocycles. The Balaban J connectivity index is 1.72. The van der Waals surface area contributed by atoms with E-state index in [-0.39, 0.29) is 17.5 Å². The number of hydrogen-bond donors (Lipinski definition) is 1. The highest BCUT2D eigenvalue weighted by molar-refractivity contribution is 5.92. The van der Waals surface area contributed by atoms with Crippen LogP contribution in [0, 0.1) is 11.8 Å². The molecule has 0 bridgehead atoms. The predicted octanol–water partition coefficient (Wildman–Crippen LogP) is 3.47.